The average Bonchev–Trinajstić information content (AvgIpc) is 2.66. The molecule has 0 fully saturated rings. The maximum Gasteiger partial charge on any atom is 0.158 e. The van der Waals surface area contributed by atoms with Crippen molar-refractivity contribution in [2.45, 2.75) is 6.92 Å². The van der Waals surface area contributed by atoms with Gasteiger partial charge >= 0.3 is 0 Å². The SMILES string of the molecule is Cc1nc(Cl)c2c(c1-c1ccccc1)C(N)=NC2=N. The number of aromatic nitrogens is 1. The molecule has 0 unspecified atom stereocenters. The monoisotopic (exact) mass is 270 g/mol. The van der Waals surface area contributed by atoms with Gasteiger partial charge in [0.25, 0.3) is 0 Å². The molecule has 0 spiro atoms. The van der Waals surface area contributed by atoms with Crippen molar-refractivity contribution in [2.24, 2.45) is 10.7 Å². The molecule has 3 N–H and O–H groups in total. The summed E-state index contributed by atoms with van der Waals surface area (Å²) in [6.45, 7) is 1.88. The summed E-state index contributed by atoms with van der Waals surface area (Å²) in [5.74, 6) is 0.397. The summed E-state index contributed by atoms with van der Waals surface area (Å²) in [6, 6.07) is 9.80. The van der Waals surface area contributed by atoms with E-state index < -0.39 is 0 Å². The third-order valence-corrected chi connectivity index (χ3v) is 3.40. The van der Waals surface area contributed by atoms with Gasteiger partial charge in [0.1, 0.15) is 11.0 Å². The fourth-order valence-electron chi connectivity index (χ4n) is 2.33. The quantitative estimate of drug-likeness (QED) is 0.782. The van der Waals surface area contributed by atoms with Crippen LogP contribution in [0.5, 0.6) is 0 Å². The summed E-state index contributed by atoms with van der Waals surface area (Å²) in [5.41, 5.74) is 9.84. The zero-order valence-electron chi connectivity index (χ0n) is 10.2. The van der Waals surface area contributed by atoms with Crippen LogP contribution in [0.4, 0.5) is 0 Å². The van der Waals surface area contributed by atoms with Crippen molar-refractivity contribution in [3.05, 3.63) is 52.3 Å². The van der Waals surface area contributed by atoms with E-state index in [0.29, 0.717) is 17.0 Å². The predicted octanol–water partition coefficient (Wildman–Crippen LogP) is 2.75. The molecular weight excluding hydrogens is 260 g/mol. The van der Waals surface area contributed by atoms with Crippen LogP contribution in [0, 0.1) is 12.3 Å². The molecule has 1 aromatic carbocycles. The second-order valence-electron chi connectivity index (χ2n) is 4.32. The largest absolute Gasteiger partial charge is 0.383 e. The minimum Gasteiger partial charge on any atom is -0.383 e. The van der Waals surface area contributed by atoms with Crippen LogP contribution in [0.2, 0.25) is 5.15 Å². The van der Waals surface area contributed by atoms with Crippen LogP contribution in [-0.4, -0.2) is 16.7 Å². The van der Waals surface area contributed by atoms with Crippen molar-refractivity contribution < 1.29 is 0 Å². The van der Waals surface area contributed by atoms with E-state index in [-0.39, 0.29) is 11.0 Å². The maximum atomic E-state index is 7.84. The smallest absolute Gasteiger partial charge is 0.158 e. The molecule has 2 aromatic rings. The Hall–Kier alpha value is -2.20. The van der Waals surface area contributed by atoms with Gasteiger partial charge in [-0.05, 0) is 12.5 Å². The topological polar surface area (TPSA) is 75.1 Å². The van der Waals surface area contributed by atoms with E-state index >= 15 is 0 Å². The van der Waals surface area contributed by atoms with Crippen LogP contribution in [0.15, 0.2) is 35.3 Å². The molecule has 1 aliphatic rings. The summed E-state index contributed by atoms with van der Waals surface area (Å²) < 4.78 is 0. The highest BCUT2D eigenvalue weighted by molar-refractivity contribution is 6.36. The third kappa shape index (κ3) is 1.72. The van der Waals surface area contributed by atoms with Crippen LogP contribution in [-0.2, 0) is 0 Å². The first-order valence-electron chi connectivity index (χ1n) is 5.78. The summed E-state index contributed by atoms with van der Waals surface area (Å²) in [7, 11) is 0. The van der Waals surface area contributed by atoms with Crippen molar-refractivity contribution in [1.82, 2.24) is 4.98 Å². The summed E-state index contributed by atoms with van der Waals surface area (Å²) in [4.78, 5) is 8.30. The number of pyridine rings is 1. The molecule has 0 amide bonds. The Bertz CT molecular complexity index is 720. The van der Waals surface area contributed by atoms with Gasteiger partial charge in [-0.3, -0.25) is 5.41 Å². The van der Waals surface area contributed by atoms with E-state index in [1.807, 2.05) is 37.3 Å². The number of aliphatic imine (C=N–C) groups is 1. The minimum absolute atomic E-state index is 0.0715. The molecular formula is C14H11ClN4. The molecule has 1 aliphatic heterocycles. The lowest BCUT2D eigenvalue weighted by molar-refractivity contribution is 1.19. The Kier molecular flexibility index (Phi) is 2.61. The predicted molar refractivity (Wildman–Crippen MR) is 77.0 cm³/mol. The summed E-state index contributed by atoms with van der Waals surface area (Å²) >= 11 is 6.11. The fraction of sp³-hybridized carbons (Fsp3) is 0.0714. The van der Waals surface area contributed by atoms with Crippen molar-refractivity contribution in [3.8, 4) is 11.1 Å². The normalized spacial score (nSPS) is 13.4. The lowest BCUT2D eigenvalue weighted by Gasteiger charge is -2.12. The number of nitrogens with one attached hydrogen (secondary N) is 1. The van der Waals surface area contributed by atoms with Gasteiger partial charge < -0.3 is 5.73 Å². The Morgan fingerprint density at radius 1 is 1.11 bits per heavy atom. The molecule has 0 saturated carbocycles. The van der Waals surface area contributed by atoms with Gasteiger partial charge in [-0.15, -0.1) is 0 Å². The Morgan fingerprint density at radius 2 is 1.79 bits per heavy atom. The Morgan fingerprint density at radius 3 is 2.47 bits per heavy atom. The van der Waals surface area contributed by atoms with Crippen LogP contribution >= 0.6 is 11.6 Å². The zero-order chi connectivity index (χ0) is 13.6. The highest BCUT2D eigenvalue weighted by Crippen LogP contribution is 2.34. The van der Waals surface area contributed by atoms with Crippen molar-refractivity contribution in [3.63, 3.8) is 0 Å². The number of fused-ring (bicyclic) bond motifs is 1. The van der Waals surface area contributed by atoms with Crippen LogP contribution in [0.25, 0.3) is 11.1 Å². The van der Waals surface area contributed by atoms with Gasteiger partial charge in [0.05, 0.1) is 5.56 Å². The molecule has 0 radical (unpaired) electrons. The van der Waals surface area contributed by atoms with Gasteiger partial charge in [-0.25, -0.2) is 9.98 Å². The average molecular weight is 271 g/mol. The number of nitrogens with two attached hydrogens (primary N) is 1. The standard InChI is InChI=1S/C14H11ClN4/c1-7-9(8-5-3-2-4-6-8)10-11(12(15)18-7)14(17)19-13(10)16/h2-6H,1H3,(H3,16,17,19). The first-order chi connectivity index (χ1) is 9.09. The van der Waals surface area contributed by atoms with Gasteiger partial charge in [-0.2, -0.15) is 0 Å². The highest BCUT2D eigenvalue weighted by atomic mass is 35.5. The van der Waals surface area contributed by atoms with Crippen molar-refractivity contribution in [1.29, 1.82) is 5.41 Å². The summed E-state index contributed by atoms with van der Waals surface area (Å²) in [5, 5.41) is 8.12. The third-order valence-electron chi connectivity index (χ3n) is 3.12. The van der Waals surface area contributed by atoms with E-state index in [2.05, 4.69) is 9.98 Å². The van der Waals surface area contributed by atoms with E-state index in [4.69, 9.17) is 22.7 Å². The lowest BCUT2D eigenvalue weighted by atomic mass is 9.95. The molecule has 5 heteroatoms. The zero-order valence-corrected chi connectivity index (χ0v) is 11.0. The molecule has 0 aliphatic carbocycles. The fourth-order valence-corrected chi connectivity index (χ4v) is 2.64. The van der Waals surface area contributed by atoms with Gasteiger partial charge in [-0.1, -0.05) is 41.9 Å². The van der Waals surface area contributed by atoms with Gasteiger partial charge in [0.2, 0.25) is 0 Å². The number of benzene rings is 1. The molecule has 0 atom stereocenters. The highest BCUT2D eigenvalue weighted by Gasteiger charge is 2.27. The molecule has 94 valence electrons. The minimum atomic E-state index is 0.0715. The number of hydrogen-bond donors (Lipinski definition) is 2. The molecule has 0 saturated heterocycles. The Labute approximate surface area is 115 Å². The number of nitrogens with zero attached hydrogens (tertiary/aromatic N) is 2. The number of amidine groups is 2. The summed E-state index contributed by atoms with van der Waals surface area (Å²) in [6.07, 6.45) is 0. The molecule has 2 heterocycles. The van der Waals surface area contributed by atoms with Crippen molar-refractivity contribution in [2.75, 3.05) is 0 Å². The van der Waals surface area contributed by atoms with Crippen molar-refractivity contribution >= 4 is 23.3 Å². The van der Waals surface area contributed by atoms with Crippen LogP contribution < -0.4 is 5.73 Å². The van der Waals surface area contributed by atoms with E-state index in [9.17, 15) is 0 Å². The first-order valence-corrected chi connectivity index (χ1v) is 6.16. The van der Waals surface area contributed by atoms with E-state index in [1.165, 1.54) is 0 Å². The second-order valence-corrected chi connectivity index (χ2v) is 4.68. The first kappa shape index (κ1) is 11.9. The molecule has 3 rings (SSSR count). The second kappa shape index (κ2) is 4.17. The molecule has 0 bridgehead atoms. The maximum absolute atomic E-state index is 7.84. The number of halogens is 1. The molecule has 1 aromatic heterocycles. The van der Waals surface area contributed by atoms with Gasteiger partial charge in [0.15, 0.2) is 5.84 Å². The van der Waals surface area contributed by atoms with E-state index in [0.717, 1.165) is 16.8 Å². The Balaban J connectivity index is 2.39. The van der Waals surface area contributed by atoms with Crippen LogP contribution in [0.3, 0.4) is 0 Å². The molecule has 4 nitrogen and oxygen atoms in total. The number of rotatable bonds is 1. The molecule has 19 heavy (non-hydrogen) atoms. The lowest BCUT2D eigenvalue weighted by Crippen LogP contribution is -2.13. The van der Waals surface area contributed by atoms with E-state index in [1.54, 1.807) is 0 Å². The van der Waals surface area contributed by atoms with Crippen LogP contribution in [0.1, 0.15) is 16.8 Å². The number of aryl methyl sites for hydroxylation is 1. The van der Waals surface area contributed by atoms with Gasteiger partial charge in [0, 0.05) is 16.8 Å². The number of hydrogen-bond acceptors (Lipinski definition) is 3.